The van der Waals surface area contributed by atoms with Crippen LogP contribution < -0.4 is 10.1 Å². The van der Waals surface area contributed by atoms with Gasteiger partial charge in [0.2, 0.25) is 0 Å². The molecular formula is C16H24N2O. The summed E-state index contributed by atoms with van der Waals surface area (Å²) in [6, 6.07) is 7.06. The molecule has 104 valence electrons. The molecule has 0 saturated carbocycles. The Bertz CT molecular complexity index is 433. The van der Waals surface area contributed by atoms with E-state index in [1.54, 1.807) is 0 Å². The molecule has 0 aromatic heterocycles. The van der Waals surface area contributed by atoms with Crippen molar-refractivity contribution in [1.29, 1.82) is 0 Å². The Hall–Kier alpha value is -1.22. The normalized spacial score (nSPS) is 22.9. The average Bonchev–Trinajstić information content (AvgIpc) is 2.93. The van der Waals surface area contributed by atoms with E-state index in [0.29, 0.717) is 6.04 Å². The van der Waals surface area contributed by atoms with E-state index in [0.717, 1.165) is 31.9 Å². The summed E-state index contributed by atoms with van der Waals surface area (Å²) in [5.41, 5.74) is 2.67. The van der Waals surface area contributed by atoms with Crippen LogP contribution in [0.25, 0.3) is 0 Å². The fourth-order valence-electron chi connectivity index (χ4n) is 3.22. The second-order valence-corrected chi connectivity index (χ2v) is 5.58. The van der Waals surface area contributed by atoms with Gasteiger partial charge >= 0.3 is 0 Å². The molecule has 0 bridgehead atoms. The zero-order valence-corrected chi connectivity index (χ0v) is 11.8. The minimum Gasteiger partial charge on any atom is -0.492 e. The van der Waals surface area contributed by atoms with Crippen molar-refractivity contribution in [2.24, 2.45) is 0 Å². The van der Waals surface area contributed by atoms with Crippen LogP contribution >= 0.6 is 0 Å². The molecule has 19 heavy (non-hydrogen) atoms. The predicted octanol–water partition coefficient (Wildman–Crippen LogP) is 2.91. The number of piperidine rings is 1. The molecule has 1 N–H and O–H groups in total. The molecule has 2 aliphatic heterocycles. The molecule has 1 atom stereocenters. The number of fused-ring (bicyclic) bond motifs is 1. The van der Waals surface area contributed by atoms with E-state index in [9.17, 15) is 0 Å². The molecular weight excluding hydrogens is 236 g/mol. The van der Waals surface area contributed by atoms with Crippen molar-refractivity contribution in [3.63, 3.8) is 0 Å². The van der Waals surface area contributed by atoms with Gasteiger partial charge in [-0.2, -0.15) is 0 Å². The Morgan fingerprint density at radius 2 is 2.32 bits per heavy atom. The molecule has 0 aliphatic carbocycles. The summed E-state index contributed by atoms with van der Waals surface area (Å²) in [5, 5.41) is 3.41. The third-order valence-electron chi connectivity index (χ3n) is 4.39. The lowest BCUT2D eigenvalue weighted by atomic mass is 10.0. The van der Waals surface area contributed by atoms with Gasteiger partial charge in [-0.15, -0.1) is 0 Å². The monoisotopic (exact) mass is 260 g/mol. The number of likely N-dealkylation sites (N-methyl/N-ethyl adjacent to an activating group) is 1. The summed E-state index contributed by atoms with van der Waals surface area (Å²) in [4.78, 5) is 2.55. The topological polar surface area (TPSA) is 24.5 Å². The first-order chi connectivity index (χ1) is 9.36. The van der Waals surface area contributed by atoms with Crippen molar-refractivity contribution < 1.29 is 4.74 Å². The molecule has 3 rings (SSSR count). The maximum absolute atomic E-state index is 6.02. The summed E-state index contributed by atoms with van der Waals surface area (Å²) < 4.78 is 6.02. The Balaban J connectivity index is 1.59. The predicted molar refractivity (Wildman–Crippen MR) is 79.0 cm³/mol. The maximum atomic E-state index is 6.02. The van der Waals surface area contributed by atoms with E-state index in [-0.39, 0.29) is 0 Å². The Morgan fingerprint density at radius 1 is 1.37 bits per heavy atom. The van der Waals surface area contributed by atoms with Gasteiger partial charge < -0.3 is 10.1 Å². The maximum Gasteiger partial charge on any atom is 0.121 e. The highest BCUT2D eigenvalue weighted by Gasteiger charge is 2.21. The minimum atomic E-state index is 0.597. The number of likely N-dealkylation sites (tertiary alicyclic amines) is 1. The van der Waals surface area contributed by atoms with E-state index in [2.05, 4.69) is 35.3 Å². The summed E-state index contributed by atoms with van der Waals surface area (Å²) >= 11 is 0. The van der Waals surface area contributed by atoms with Gasteiger partial charge in [-0.3, -0.25) is 4.90 Å². The van der Waals surface area contributed by atoms with Gasteiger partial charge in [-0.25, -0.2) is 0 Å². The fraction of sp³-hybridized carbons (Fsp3) is 0.625. The first-order valence-electron chi connectivity index (χ1n) is 7.60. The van der Waals surface area contributed by atoms with Gasteiger partial charge in [-0.05, 0) is 44.0 Å². The summed E-state index contributed by atoms with van der Waals surface area (Å²) in [5.74, 6) is 1.01. The second kappa shape index (κ2) is 5.83. The Morgan fingerprint density at radius 3 is 3.21 bits per heavy atom. The van der Waals surface area contributed by atoms with E-state index in [1.165, 1.54) is 37.1 Å². The molecule has 1 saturated heterocycles. The van der Waals surface area contributed by atoms with Crippen molar-refractivity contribution >= 4 is 5.69 Å². The van der Waals surface area contributed by atoms with E-state index < -0.39 is 0 Å². The van der Waals surface area contributed by atoms with Crippen LogP contribution in [0.3, 0.4) is 0 Å². The highest BCUT2D eigenvalue weighted by atomic mass is 16.5. The lowest BCUT2D eigenvalue weighted by Crippen LogP contribution is -2.42. The standard InChI is InChI=1S/C16H24N2O/c1-2-18-10-4-3-5-14(18)12-19-15-7-6-13-8-9-17-16(13)11-15/h6-7,11,14,17H,2-5,8-10,12H2,1H3. The quantitative estimate of drug-likeness (QED) is 0.901. The van der Waals surface area contributed by atoms with Gasteiger partial charge in [0.1, 0.15) is 12.4 Å². The summed E-state index contributed by atoms with van der Waals surface area (Å²) in [6.45, 7) is 6.51. The summed E-state index contributed by atoms with van der Waals surface area (Å²) in [6.07, 6.45) is 5.10. The molecule has 0 amide bonds. The zero-order chi connectivity index (χ0) is 13.1. The number of rotatable bonds is 4. The number of hydrogen-bond acceptors (Lipinski definition) is 3. The molecule has 3 nitrogen and oxygen atoms in total. The van der Waals surface area contributed by atoms with Gasteiger partial charge in [0.25, 0.3) is 0 Å². The molecule has 0 radical (unpaired) electrons. The molecule has 3 heteroatoms. The molecule has 1 fully saturated rings. The van der Waals surface area contributed by atoms with Gasteiger partial charge in [0.05, 0.1) is 0 Å². The Labute approximate surface area is 115 Å². The minimum absolute atomic E-state index is 0.597. The van der Waals surface area contributed by atoms with Crippen LogP contribution in [0, 0.1) is 0 Å². The largest absolute Gasteiger partial charge is 0.492 e. The zero-order valence-electron chi connectivity index (χ0n) is 11.8. The highest BCUT2D eigenvalue weighted by molar-refractivity contribution is 5.58. The van der Waals surface area contributed by atoms with Crippen LogP contribution in [-0.4, -0.2) is 37.2 Å². The van der Waals surface area contributed by atoms with Crippen LogP contribution in [0.15, 0.2) is 18.2 Å². The molecule has 2 aliphatic rings. The molecule has 1 aromatic carbocycles. The van der Waals surface area contributed by atoms with Crippen molar-refractivity contribution in [2.75, 3.05) is 31.6 Å². The van der Waals surface area contributed by atoms with Gasteiger partial charge in [0.15, 0.2) is 0 Å². The van der Waals surface area contributed by atoms with E-state index in [1.807, 2.05) is 0 Å². The lowest BCUT2D eigenvalue weighted by Gasteiger charge is -2.34. The number of nitrogens with one attached hydrogen (secondary N) is 1. The Kier molecular flexibility index (Phi) is 3.92. The second-order valence-electron chi connectivity index (χ2n) is 5.58. The van der Waals surface area contributed by atoms with E-state index >= 15 is 0 Å². The first kappa shape index (κ1) is 12.8. The molecule has 0 spiro atoms. The van der Waals surface area contributed by atoms with Crippen molar-refractivity contribution in [3.8, 4) is 5.75 Å². The summed E-state index contributed by atoms with van der Waals surface area (Å²) in [7, 11) is 0. The van der Waals surface area contributed by atoms with Crippen LogP contribution in [0.5, 0.6) is 5.75 Å². The number of anilines is 1. The number of hydrogen-bond donors (Lipinski definition) is 1. The van der Waals surface area contributed by atoms with E-state index in [4.69, 9.17) is 4.74 Å². The molecule has 1 unspecified atom stereocenters. The van der Waals surface area contributed by atoms with Crippen molar-refractivity contribution in [2.45, 2.75) is 38.6 Å². The third-order valence-corrected chi connectivity index (χ3v) is 4.39. The van der Waals surface area contributed by atoms with Crippen LogP contribution in [-0.2, 0) is 6.42 Å². The average molecular weight is 260 g/mol. The molecule has 2 heterocycles. The van der Waals surface area contributed by atoms with Crippen LogP contribution in [0.1, 0.15) is 31.7 Å². The van der Waals surface area contributed by atoms with Crippen LogP contribution in [0.2, 0.25) is 0 Å². The SMILES string of the molecule is CCN1CCCCC1COc1ccc2c(c1)NCC2. The first-order valence-corrected chi connectivity index (χ1v) is 7.60. The third kappa shape index (κ3) is 2.86. The van der Waals surface area contributed by atoms with Crippen molar-refractivity contribution in [3.05, 3.63) is 23.8 Å². The fourth-order valence-corrected chi connectivity index (χ4v) is 3.22. The number of benzene rings is 1. The highest BCUT2D eigenvalue weighted by Crippen LogP contribution is 2.27. The number of nitrogens with zero attached hydrogens (tertiary/aromatic N) is 1. The van der Waals surface area contributed by atoms with Crippen molar-refractivity contribution in [1.82, 2.24) is 4.90 Å². The molecule has 1 aromatic rings. The lowest BCUT2D eigenvalue weighted by molar-refractivity contribution is 0.105. The smallest absolute Gasteiger partial charge is 0.121 e. The van der Waals surface area contributed by atoms with Gasteiger partial charge in [-0.1, -0.05) is 19.4 Å². The number of ether oxygens (including phenoxy) is 1. The van der Waals surface area contributed by atoms with Gasteiger partial charge in [0, 0.05) is 24.3 Å². The van der Waals surface area contributed by atoms with Crippen LogP contribution in [0.4, 0.5) is 5.69 Å².